The number of aliphatic hydroxyl groups excluding tert-OH is 1. The molecule has 4 heteroatoms. The van der Waals surface area contributed by atoms with Gasteiger partial charge in [0.25, 0.3) is 0 Å². The standard InChI is InChI=1S/C12H17NO2.ClH/c1-15-9-5-6-10-8(7-9)3-2-4-11(13)12(10)14;/h5-7,11-12,14H,2-4,13H2,1H3;1H. The molecule has 16 heavy (non-hydrogen) atoms. The topological polar surface area (TPSA) is 55.5 Å². The van der Waals surface area contributed by atoms with E-state index in [4.69, 9.17) is 10.5 Å². The summed E-state index contributed by atoms with van der Waals surface area (Å²) in [5.74, 6) is 0.844. The van der Waals surface area contributed by atoms with Crippen molar-refractivity contribution in [2.45, 2.75) is 31.4 Å². The summed E-state index contributed by atoms with van der Waals surface area (Å²) in [6, 6.07) is 5.65. The van der Waals surface area contributed by atoms with Crippen LogP contribution in [-0.2, 0) is 6.42 Å². The van der Waals surface area contributed by atoms with Crippen LogP contribution in [0.2, 0.25) is 0 Å². The highest BCUT2D eigenvalue weighted by Gasteiger charge is 2.23. The van der Waals surface area contributed by atoms with Gasteiger partial charge in [0.1, 0.15) is 5.75 Å². The van der Waals surface area contributed by atoms with Crippen LogP contribution >= 0.6 is 12.4 Å². The molecule has 0 saturated carbocycles. The quantitative estimate of drug-likeness (QED) is 0.740. The molecule has 1 aromatic carbocycles. The Balaban J connectivity index is 0.00000128. The molecule has 0 saturated heterocycles. The minimum Gasteiger partial charge on any atom is -0.497 e. The molecule has 2 rings (SSSR count). The molecular formula is C12H18ClNO2. The third kappa shape index (κ3) is 2.48. The lowest BCUT2D eigenvalue weighted by Crippen LogP contribution is -2.27. The van der Waals surface area contributed by atoms with Crippen LogP contribution in [0.15, 0.2) is 18.2 Å². The van der Waals surface area contributed by atoms with Gasteiger partial charge in [-0.25, -0.2) is 0 Å². The molecule has 90 valence electrons. The molecule has 0 aliphatic heterocycles. The van der Waals surface area contributed by atoms with Crippen molar-refractivity contribution in [3.8, 4) is 5.75 Å². The van der Waals surface area contributed by atoms with Crippen LogP contribution < -0.4 is 10.5 Å². The average Bonchev–Trinajstić information content (AvgIpc) is 2.40. The Morgan fingerprint density at radius 2 is 2.19 bits per heavy atom. The molecular weight excluding hydrogens is 226 g/mol. The van der Waals surface area contributed by atoms with E-state index in [1.807, 2.05) is 18.2 Å². The first-order valence-electron chi connectivity index (χ1n) is 5.33. The Bertz CT molecular complexity index is 357. The number of methoxy groups -OCH3 is 1. The summed E-state index contributed by atoms with van der Waals surface area (Å²) in [7, 11) is 1.65. The molecule has 3 N–H and O–H groups in total. The second-order valence-corrected chi connectivity index (χ2v) is 4.07. The molecule has 0 aromatic heterocycles. The highest BCUT2D eigenvalue weighted by atomic mass is 35.5. The Hall–Kier alpha value is -0.770. The van der Waals surface area contributed by atoms with Crippen molar-refractivity contribution in [1.29, 1.82) is 0 Å². The Morgan fingerprint density at radius 1 is 1.44 bits per heavy atom. The summed E-state index contributed by atoms with van der Waals surface area (Å²) >= 11 is 0. The van der Waals surface area contributed by atoms with E-state index in [0.29, 0.717) is 0 Å². The van der Waals surface area contributed by atoms with Gasteiger partial charge in [-0.2, -0.15) is 0 Å². The molecule has 1 aromatic rings. The van der Waals surface area contributed by atoms with Crippen LogP contribution in [0.3, 0.4) is 0 Å². The Morgan fingerprint density at radius 3 is 2.88 bits per heavy atom. The summed E-state index contributed by atoms with van der Waals surface area (Å²) in [5, 5.41) is 10.0. The molecule has 0 radical (unpaired) electrons. The van der Waals surface area contributed by atoms with Gasteiger partial charge in [0.05, 0.1) is 13.2 Å². The van der Waals surface area contributed by atoms with Gasteiger partial charge in [-0.3, -0.25) is 0 Å². The number of hydrogen-bond acceptors (Lipinski definition) is 3. The molecule has 0 amide bonds. The highest BCUT2D eigenvalue weighted by Crippen LogP contribution is 2.30. The fourth-order valence-electron chi connectivity index (χ4n) is 2.13. The molecule has 1 aliphatic carbocycles. The van der Waals surface area contributed by atoms with Gasteiger partial charge < -0.3 is 15.6 Å². The maximum Gasteiger partial charge on any atom is 0.119 e. The first kappa shape index (κ1) is 13.3. The fraction of sp³-hybridized carbons (Fsp3) is 0.500. The van der Waals surface area contributed by atoms with Gasteiger partial charge in [-0.1, -0.05) is 6.07 Å². The first-order valence-corrected chi connectivity index (χ1v) is 5.33. The van der Waals surface area contributed by atoms with E-state index >= 15 is 0 Å². The zero-order valence-electron chi connectivity index (χ0n) is 9.35. The van der Waals surface area contributed by atoms with Gasteiger partial charge in [0.2, 0.25) is 0 Å². The van der Waals surface area contributed by atoms with Gasteiger partial charge in [0, 0.05) is 6.04 Å². The number of ether oxygens (including phenoxy) is 1. The normalized spacial score (nSPS) is 23.9. The molecule has 0 spiro atoms. The number of aryl methyl sites for hydroxylation is 1. The van der Waals surface area contributed by atoms with E-state index in [1.165, 1.54) is 0 Å². The summed E-state index contributed by atoms with van der Waals surface area (Å²) < 4.78 is 5.17. The van der Waals surface area contributed by atoms with Gasteiger partial charge in [-0.05, 0) is 42.5 Å². The van der Waals surface area contributed by atoms with E-state index < -0.39 is 6.10 Å². The van der Waals surface area contributed by atoms with Crippen LogP contribution in [-0.4, -0.2) is 18.3 Å². The first-order chi connectivity index (χ1) is 7.22. The van der Waals surface area contributed by atoms with Crippen LogP contribution in [0.4, 0.5) is 0 Å². The molecule has 0 bridgehead atoms. The average molecular weight is 244 g/mol. The van der Waals surface area contributed by atoms with Gasteiger partial charge >= 0.3 is 0 Å². The highest BCUT2D eigenvalue weighted by molar-refractivity contribution is 5.85. The largest absolute Gasteiger partial charge is 0.497 e. The van der Waals surface area contributed by atoms with E-state index in [2.05, 4.69) is 0 Å². The van der Waals surface area contributed by atoms with Crippen molar-refractivity contribution in [2.24, 2.45) is 5.73 Å². The van der Waals surface area contributed by atoms with Crippen LogP contribution in [0.5, 0.6) is 5.75 Å². The summed E-state index contributed by atoms with van der Waals surface area (Å²) in [6.07, 6.45) is 2.34. The number of rotatable bonds is 1. The van der Waals surface area contributed by atoms with Crippen molar-refractivity contribution in [3.63, 3.8) is 0 Å². The predicted molar refractivity (Wildman–Crippen MR) is 66.1 cm³/mol. The molecule has 0 fully saturated rings. The van der Waals surface area contributed by atoms with Crippen molar-refractivity contribution in [3.05, 3.63) is 29.3 Å². The van der Waals surface area contributed by atoms with Gasteiger partial charge in [0.15, 0.2) is 0 Å². The number of benzene rings is 1. The van der Waals surface area contributed by atoms with Gasteiger partial charge in [-0.15, -0.1) is 12.4 Å². The SMILES string of the molecule is COc1ccc2c(c1)CCCC(N)C2O.Cl. The third-order valence-corrected chi connectivity index (χ3v) is 3.06. The lowest BCUT2D eigenvalue weighted by atomic mass is 9.99. The fourth-order valence-corrected chi connectivity index (χ4v) is 2.13. The molecule has 2 atom stereocenters. The smallest absolute Gasteiger partial charge is 0.119 e. The van der Waals surface area contributed by atoms with Crippen molar-refractivity contribution < 1.29 is 9.84 Å². The predicted octanol–water partition coefficient (Wildman–Crippen LogP) is 1.81. The minimum atomic E-state index is -0.534. The van der Waals surface area contributed by atoms with Crippen LogP contribution in [0, 0.1) is 0 Å². The Kier molecular flexibility index (Phi) is 4.59. The summed E-state index contributed by atoms with van der Waals surface area (Å²) in [4.78, 5) is 0. The molecule has 2 unspecified atom stereocenters. The number of nitrogens with two attached hydrogens (primary N) is 1. The molecule has 3 nitrogen and oxygen atoms in total. The van der Waals surface area contributed by atoms with Crippen LogP contribution in [0.25, 0.3) is 0 Å². The minimum absolute atomic E-state index is 0. The lowest BCUT2D eigenvalue weighted by molar-refractivity contribution is 0.144. The zero-order chi connectivity index (χ0) is 10.8. The number of hydrogen-bond donors (Lipinski definition) is 2. The molecule has 1 aliphatic rings. The number of fused-ring (bicyclic) bond motifs is 1. The number of aliphatic hydroxyl groups is 1. The van der Waals surface area contributed by atoms with E-state index in [1.54, 1.807) is 7.11 Å². The van der Waals surface area contributed by atoms with Crippen molar-refractivity contribution in [2.75, 3.05) is 7.11 Å². The van der Waals surface area contributed by atoms with Crippen molar-refractivity contribution >= 4 is 12.4 Å². The molecule has 0 heterocycles. The Labute approximate surface area is 102 Å². The van der Waals surface area contributed by atoms with Crippen molar-refractivity contribution in [1.82, 2.24) is 0 Å². The number of halogens is 1. The second kappa shape index (κ2) is 5.53. The second-order valence-electron chi connectivity index (χ2n) is 4.07. The summed E-state index contributed by atoms with van der Waals surface area (Å²) in [5.41, 5.74) is 8.00. The maximum atomic E-state index is 10.0. The maximum absolute atomic E-state index is 10.0. The monoisotopic (exact) mass is 243 g/mol. The van der Waals surface area contributed by atoms with E-state index in [0.717, 1.165) is 36.1 Å². The van der Waals surface area contributed by atoms with E-state index in [-0.39, 0.29) is 18.4 Å². The third-order valence-electron chi connectivity index (χ3n) is 3.06. The summed E-state index contributed by atoms with van der Waals surface area (Å²) in [6.45, 7) is 0. The van der Waals surface area contributed by atoms with E-state index in [9.17, 15) is 5.11 Å². The zero-order valence-corrected chi connectivity index (χ0v) is 10.2. The lowest BCUT2D eigenvalue weighted by Gasteiger charge is -2.17. The van der Waals surface area contributed by atoms with Crippen LogP contribution in [0.1, 0.15) is 30.1 Å².